The molecule has 0 unspecified atom stereocenters. The highest BCUT2D eigenvalue weighted by atomic mass is 32.1. The lowest BCUT2D eigenvalue weighted by Gasteiger charge is -2.09. The smallest absolute Gasteiger partial charge is 0.142 e. The molecule has 21 heavy (non-hydrogen) atoms. The maximum absolute atomic E-state index is 9.63. The molecule has 1 N–H and O–H groups in total. The van der Waals surface area contributed by atoms with Crippen LogP contribution < -0.4 is 9.47 Å². The molecule has 0 aliphatic rings. The second-order valence-corrected chi connectivity index (χ2v) is 5.48. The molecule has 0 atom stereocenters. The Morgan fingerprint density at radius 1 is 1.10 bits per heavy atom. The Kier molecular flexibility index (Phi) is 3.77. The van der Waals surface area contributed by atoms with Gasteiger partial charge in [0, 0.05) is 17.2 Å². The quantitative estimate of drug-likeness (QED) is 0.801. The molecule has 108 valence electrons. The first-order valence-corrected chi connectivity index (χ1v) is 7.30. The van der Waals surface area contributed by atoms with E-state index in [4.69, 9.17) is 9.47 Å². The van der Waals surface area contributed by atoms with E-state index in [1.165, 1.54) is 0 Å². The van der Waals surface area contributed by atoms with Gasteiger partial charge in [0.15, 0.2) is 0 Å². The summed E-state index contributed by atoms with van der Waals surface area (Å²) in [4.78, 5) is 4.67. The fourth-order valence-corrected chi connectivity index (χ4v) is 3.36. The van der Waals surface area contributed by atoms with Crippen molar-refractivity contribution in [1.82, 2.24) is 4.98 Å². The third-order valence-corrected chi connectivity index (χ3v) is 4.43. The third kappa shape index (κ3) is 2.34. The van der Waals surface area contributed by atoms with Crippen LogP contribution in [-0.4, -0.2) is 24.3 Å². The van der Waals surface area contributed by atoms with Crippen LogP contribution in [0.25, 0.3) is 20.8 Å². The van der Waals surface area contributed by atoms with E-state index in [0.717, 1.165) is 20.8 Å². The molecule has 0 fully saturated rings. The highest BCUT2D eigenvalue weighted by Crippen LogP contribution is 2.41. The minimum atomic E-state index is -0.123. The van der Waals surface area contributed by atoms with Gasteiger partial charge in [-0.3, -0.25) is 0 Å². The van der Waals surface area contributed by atoms with Gasteiger partial charge >= 0.3 is 0 Å². The fraction of sp³-hybridized carbons (Fsp3) is 0.188. The number of hydrogen-bond donors (Lipinski definition) is 1. The van der Waals surface area contributed by atoms with Crippen molar-refractivity contribution in [3.63, 3.8) is 0 Å². The van der Waals surface area contributed by atoms with Crippen LogP contribution in [0, 0.1) is 0 Å². The Balaban J connectivity index is 2.29. The van der Waals surface area contributed by atoms with Gasteiger partial charge in [-0.1, -0.05) is 30.3 Å². The molecule has 0 saturated carbocycles. The normalized spacial score (nSPS) is 10.8. The molecule has 1 heterocycles. The Bertz CT molecular complexity index is 768. The molecular weight excluding hydrogens is 286 g/mol. The second kappa shape index (κ2) is 5.71. The number of fused-ring (bicyclic) bond motifs is 1. The highest BCUT2D eigenvalue weighted by molar-refractivity contribution is 7.22. The predicted molar refractivity (Wildman–Crippen MR) is 84.1 cm³/mol. The van der Waals surface area contributed by atoms with E-state index in [2.05, 4.69) is 4.98 Å². The van der Waals surface area contributed by atoms with Gasteiger partial charge in [0.25, 0.3) is 0 Å². The topological polar surface area (TPSA) is 51.6 Å². The molecular formula is C16H15NO3S. The van der Waals surface area contributed by atoms with Gasteiger partial charge in [0.05, 0.1) is 31.0 Å². The van der Waals surface area contributed by atoms with E-state index in [0.29, 0.717) is 17.1 Å². The highest BCUT2D eigenvalue weighted by Gasteiger charge is 2.18. The monoisotopic (exact) mass is 301 g/mol. The van der Waals surface area contributed by atoms with Crippen LogP contribution in [0.1, 0.15) is 5.56 Å². The van der Waals surface area contributed by atoms with Crippen LogP contribution in [-0.2, 0) is 6.61 Å². The standard InChI is InChI=1S/C16H15NO3S/c1-19-12-8-13(20-2)15-14(11(12)9-18)17-16(21-15)10-6-4-3-5-7-10/h3-8,18H,9H2,1-2H3. The molecule has 4 nitrogen and oxygen atoms in total. The SMILES string of the molecule is COc1cc(OC)c2sc(-c3ccccc3)nc2c1CO. The van der Waals surface area contributed by atoms with Gasteiger partial charge in [-0.25, -0.2) is 4.98 Å². The summed E-state index contributed by atoms with van der Waals surface area (Å²) in [5.74, 6) is 1.30. The van der Waals surface area contributed by atoms with Gasteiger partial charge in [0.1, 0.15) is 16.5 Å². The maximum atomic E-state index is 9.63. The van der Waals surface area contributed by atoms with E-state index >= 15 is 0 Å². The zero-order valence-electron chi connectivity index (χ0n) is 11.8. The van der Waals surface area contributed by atoms with Crippen molar-refractivity contribution >= 4 is 21.6 Å². The molecule has 0 bridgehead atoms. The van der Waals surface area contributed by atoms with Gasteiger partial charge in [-0.05, 0) is 0 Å². The second-order valence-electron chi connectivity index (χ2n) is 4.48. The summed E-state index contributed by atoms with van der Waals surface area (Å²) in [6.07, 6.45) is 0. The summed E-state index contributed by atoms with van der Waals surface area (Å²) in [7, 11) is 3.19. The van der Waals surface area contributed by atoms with Crippen LogP contribution in [0.5, 0.6) is 11.5 Å². The van der Waals surface area contributed by atoms with Crippen molar-refractivity contribution in [3.8, 4) is 22.1 Å². The third-order valence-electron chi connectivity index (χ3n) is 3.32. The lowest BCUT2D eigenvalue weighted by atomic mass is 10.1. The zero-order chi connectivity index (χ0) is 14.8. The summed E-state index contributed by atoms with van der Waals surface area (Å²) >= 11 is 1.55. The van der Waals surface area contributed by atoms with Crippen molar-refractivity contribution in [1.29, 1.82) is 0 Å². The molecule has 0 aliphatic heterocycles. The summed E-state index contributed by atoms with van der Waals surface area (Å²) in [5.41, 5.74) is 2.47. The van der Waals surface area contributed by atoms with Gasteiger partial charge in [-0.15, -0.1) is 11.3 Å². The minimum Gasteiger partial charge on any atom is -0.496 e. The Morgan fingerprint density at radius 3 is 2.43 bits per heavy atom. The largest absolute Gasteiger partial charge is 0.496 e. The molecule has 3 aromatic rings. The van der Waals surface area contributed by atoms with E-state index in [-0.39, 0.29) is 6.61 Å². The van der Waals surface area contributed by atoms with Gasteiger partial charge in [-0.2, -0.15) is 0 Å². The Labute approximate surface area is 126 Å². The first-order chi connectivity index (χ1) is 10.3. The van der Waals surface area contributed by atoms with Crippen molar-refractivity contribution in [2.45, 2.75) is 6.61 Å². The number of rotatable bonds is 4. The number of aromatic nitrogens is 1. The van der Waals surface area contributed by atoms with Crippen LogP contribution >= 0.6 is 11.3 Å². The number of nitrogens with zero attached hydrogens (tertiary/aromatic N) is 1. The average molecular weight is 301 g/mol. The first-order valence-electron chi connectivity index (χ1n) is 6.49. The van der Waals surface area contributed by atoms with Crippen LogP contribution in [0.3, 0.4) is 0 Å². The maximum Gasteiger partial charge on any atom is 0.142 e. The molecule has 0 radical (unpaired) electrons. The summed E-state index contributed by atoms with van der Waals surface area (Å²) in [6.45, 7) is -0.123. The molecule has 5 heteroatoms. The van der Waals surface area contributed by atoms with E-state index in [9.17, 15) is 5.11 Å². The lowest BCUT2D eigenvalue weighted by molar-refractivity contribution is 0.275. The molecule has 1 aromatic heterocycles. The number of methoxy groups -OCH3 is 2. The summed E-state index contributed by atoms with van der Waals surface area (Å²) < 4.78 is 11.7. The predicted octanol–water partition coefficient (Wildman–Crippen LogP) is 3.47. The van der Waals surface area contributed by atoms with Gasteiger partial charge < -0.3 is 14.6 Å². The fourth-order valence-electron chi connectivity index (χ4n) is 2.27. The number of aliphatic hydroxyl groups is 1. The number of aliphatic hydroxyl groups excluding tert-OH is 1. The number of hydrogen-bond acceptors (Lipinski definition) is 5. The molecule has 0 amide bonds. The number of ether oxygens (including phenoxy) is 2. The molecule has 0 spiro atoms. The van der Waals surface area contributed by atoms with E-state index < -0.39 is 0 Å². The molecule has 3 rings (SSSR count). The van der Waals surface area contributed by atoms with Crippen molar-refractivity contribution in [2.24, 2.45) is 0 Å². The van der Waals surface area contributed by atoms with E-state index in [1.807, 2.05) is 30.3 Å². The van der Waals surface area contributed by atoms with Crippen LogP contribution in [0.2, 0.25) is 0 Å². The number of benzene rings is 2. The molecule has 0 aliphatic carbocycles. The van der Waals surface area contributed by atoms with Crippen molar-refractivity contribution < 1.29 is 14.6 Å². The molecule has 0 saturated heterocycles. The summed E-state index contributed by atoms with van der Waals surface area (Å²) in [6, 6.07) is 11.7. The van der Waals surface area contributed by atoms with Crippen molar-refractivity contribution in [2.75, 3.05) is 14.2 Å². The van der Waals surface area contributed by atoms with E-state index in [1.54, 1.807) is 31.6 Å². The van der Waals surface area contributed by atoms with Crippen molar-refractivity contribution in [3.05, 3.63) is 42.0 Å². The average Bonchev–Trinajstić information content (AvgIpc) is 2.99. The summed E-state index contributed by atoms with van der Waals surface area (Å²) in [5, 5.41) is 10.5. The minimum absolute atomic E-state index is 0.123. The van der Waals surface area contributed by atoms with Crippen LogP contribution in [0.4, 0.5) is 0 Å². The number of thiazole rings is 1. The Morgan fingerprint density at radius 2 is 1.81 bits per heavy atom. The molecule has 2 aromatic carbocycles. The lowest BCUT2D eigenvalue weighted by Crippen LogP contribution is -1.95. The first kappa shape index (κ1) is 13.9. The van der Waals surface area contributed by atoms with Gasteiger partial charge in [0.2, 0.25) is 0 Å². The Hall–Kier alpha value is -2.11. The van der Waals surface area contributed by atoms with Crippen LogP contribution in [0.15, 0.2) is 36.4 Å². The zero-order valence-corrected chi connectivity index (χ0v) is 12.6.